The maximum atomic E-state index is 14.2. The van der Waals surface area contributed by atoms with Crippen LogP contribution in [-0.4, -0.2) is 33.7 Å². The van der Waals surface area contributed by atoms with Crippen LogP contribution >= 0.6 is 45.6 Å². The fourth-order valence-electron chi connectivity index (χ4n) is 4.90. The molecule has 0 saturated carbocycles. The normalized spacial score (nSPS) is 21.8. The molecular weight excluding hydrogens is 522 g/mol. The van der Waals surface area contributed by atoms with Crippen molar-refractivity contribution in [2.45, 2.75) is 24.9 Å². The molecule has 1 aromatic carbocycles. The predicted molar refractivity (Wildman–Crippen MR) is 140 cm³/mol. The number of ketones is 1. The van der Waals surface area contributed by atoms with Crippen LogP contribution in [0, 0.1) is 12.8 Å². The monoisotopic (exact) mass is 541 g/mol. The molecule has 5 nitrogen and oxygen atoms in total. The van der Waals surface area contributed by atoms with Gasteiger partial charge >= 0.3 is 5.97 Å². The lowest BCUT2D eigenvalue weighted by molar-refractivity contribution is -0.142. The molecule has 1 aliphatic rings. The van der Waals surface area contributed by atoms with Gasteiger partial charge in [0.1, 0.15) is 6.04 Å². The lowest BCUT2D eigenvalue weighted by Crippen LogP contribution is -2.43. The van der Waals surface area contributed by atoms with Gasteiger partial charge in [-0.05, 0) is 59.0 Å². The minimum atomic E-state index is -1.21. The third kappa shape index (κ3) is 4.25. The van der Waals surface area contributed by atoms with Crippen molar-refractivity contribution in [3.8, 4) is 0 Å². The molecule has 1 N–H and O–H groups in total. The van der Waals surface area contributed by atoms with Gasteiger partial charge in [0.15, 0.2) is 5.78 Å². The molecule has 0 radical (unpaired) electrons. The molecule has 4 atom stereocenters. The van der Waals surface area contributed by atoms with Gasteiger partial charge in [-0.1, -0.05) is 35.9 Å². The maximum Gasteiger partial charge on any atom is 0.327 e. The van der Waals surface area contributed by atoms with E-state index in [-0.39, 0.29) is 11.7 Å². The number of aryl methyl sites for hydroxylation is 1. The van der Waals surface area contributed by atoms with Crippen LogP contribution in [0.5, 0.6) is 0 Å². The minimum absolute atomic E-state index is 0.226. The Morgan fingerprint density at radius 1 is 0.943 bits per heavy atom. The van der Waals surface area contributed by atoms with E-state index in [0.717, 1.165) is 15.3 Å². The molecule has 9 heteroatoms. The summed E-state index contributed by atoms with van der Waals surface area (Å²) in [4.78, 5) is 44.3. The van der Waals surface area contributed by atoms with Crippen LogP contribution in [0.2, 0.25) is 5.02 Å². The molecule has 1 amide bonds. The second-order valence-electron chi connectivity index (χ2n) is 8.33. The van der Waals surface area contributed by atoms with Crippen LogP contribution in [0.4, 0.5) is 0 Å². The molecule has 1 fully saturated rings. The molecule has 3 aromatic heterocycles. The zero-order valence-corrected chi connectivity index (χ0v) is 21.7. The Morgan fingerprint density at radius 3 is 2.31 bits per heavy atom. The molecule has 5 rings (SSSR count). The maximum absolute atomic E-state index is 14.2. The van der Waals surface area contributed by atoms with E-state index >= 15 is 0 Å². The Bertz CT molecular complexity index is 1380. The number of hydrogen-bond donors (Lipinski definition) is 1. The van der Waals surface area contributed by atoms with Gasteiger partial charge in [-0.15, -0.1) is 34.0 Å². The number of nitrogens with zero attached hydrogens (tertiary/aromatic N) is 1. The molecule has 0 aliphatic carbocycles. The Labute approximate surface area is 219 Å². The van der Waals surface area contributed by atoms with Crippen LogP contribution < -0.4 is 0 Å². The van der Waals surface area contributed by atoms with Gasteiger partial charge in [-0.2, -0.15) is 0 Å². The first-order valence-corrected chi connectivity index (χ1v) is 13.9. The highest BCUT2D eigenvalue weighted by atomic mass is 35.5. The summed E-state index contributed by atoms with van der Waals surface area (Å²) < 4.78 is 0. The number of carbonyl (C=O) groups excluding carboxylic acids is 2. The number of rotatable bonds is 6. The number of carbonyl (C=O) groups is 3. The molecule has 4 unspecified atom stereocenters. The fourth-order valence-corrected chi connectivity index (χ4v) is 7.73. The molecule has 35 heavy (non-hydrogen) atoms. The molecule has 0 spiro atoms. The van der Waals surface area contributed by atoms with Crippen molar-refractivity contribution in [2.24, 2.45) is 5.92 Å². The number of aliphatic carboxylic acids is 1. The van der Waals surface area contributed by atoms with Gasteiger partial charge in [-0.3, -0.25) is 9.59 Å². The van der Waals surface area contributed by atoms with Crippen LogP contribution in [0.25, 0.3) is 0 Å². The average molecular weight is 542 g/mol. The predicted octanol–water partition coefficient (Wildman–Crippen LogP) is 6.77. The highest BCUT2D eigenvalue weighted by molar-refractivity contribution is 7.12. The van der Waals surface area contributed by atoms with Crippen LogP contribution in [0.15, 0.2) is 70.7 Å². The summed E-state index contributed by atoms with van der Waals surface area (Å²) in [5.41, 5.74) is 1.32. The SMILES string of the molecule is Cc1ccsc1C1C(C(=O)c2cccc(Cl)c2)C(c2cccs2)C(C(=O)O)N1C(=O)c1cccs1. The lowest BCUT2D eigenvalue weighted by Gasteiger charge is -2.29. The average Bonchev–Trinajstić information content (AvgIpc) is 3.64. The van der Waals surface area contributed by atoms with Gasteiger partial charge < -0.3 is 10.0 Å². The van der Waals surface area contributed by atoms with E-state index in [0.29, 0.717) is 15.5 Å². The Kier molecular flexibility index (Phi) is 6.63. The van der Waals surface area contributed by atoms with E-state index in [2.05, 4.69) is 0 Å². The van der Waals surface area contributed by atoms with Gasteiger partial charge in [-0.25, -0.2) is 4.79 Å². The van der Waals surface area contributed by atoms with Crippen molar-refractivity contribution >= 4 is 63.3 Å². The summed E-state index contributed by atoms with van der Waals surface area (Å²) >= 11 is 10.3. The molecule has 1 aliphatic heterocycles. The zero-order valence-electron chi connectivity index (χ0n) is 18.5. The van der Waals surface area contributed by atoms with E-state index in [1.165, 1.54) is 38.9 Å². The standard InChI is InChI=1S/C26H20ClNO4S3/c1-14-9-12-35-24(14)21-20(23(29)15-5-2-6-16(27)13-15)19(17-7-3-10-33-17)22(26(31)32)28(21)25(30)18-8-4-11-34-18/h2-13,19-22H,1H3,(H,31,32). The van der Waals surface area contributed by atoms with Gasteiger partial charge in [0, 0.05) is 26.3 Å². The second kappa shape index (κ2) is 9.70. The summed E-state index contributed by atoms with van der Waals surface area (Å²) in [6.45, 7) is 1.93. The van der Waals surface area contributed by atoms with Crippen molar-refractivity contribution in [2.75, 3.05) is 0 Å². The Morgan fingerprint density at radius 2 is 1.71 bits per heavy atom. The number of carboxylic acids is 1. The number of thiophene rings is 3. The molecule has 4 aromatic rings. The third-order valence-corrected chi connectivity index (χ3v) is 9.50. The second-order valence-corrected chi connectivity index (χ2v) is 11.6. The van der Waals surface area contributed by atoms with Crippen molar-refractivity contribution < 1.29 is 19.5 Å². The fraction of sp³-hybridized carbons (Fsp3) is 0.192. The smallest absolute Gasteiger partial charge is 0.327 e. The highest BCUT2D eigenvalue weighted by Gasteiger charge is 2.58. The number of amides is 1. The summed E-state index contributed by atoms with van der Waals surface area (Å²) in [5.74, 6) is -3.25. The van der Waals surface area contributed by atoms with Gasteiger partial charge in [0.25, 0.3) is 5.91 Å². The largest absolute Gasteiger partial charge is 0.480 e. The van der Waals surface area contributed by atoms with Crippen molar-refractivity contribution in [1.82, 2.24) is 4.90 Å². The van der Waals surface area contributed by atoms with E-state index in [9.17, 15) is 19.5 Å². The topological polar surface area (TPSA) is 74.7 Å². The quantitative estimate of drug-likeness (QED) is 0.273. The third-order valence-electron chi connectivity index (χ3n) is 6.34. The number of carboxylic acid groups (broad SMARTS) is 1. The molecular formula is C26H20ClNO4S3. The van der Waals surface area contributed by atoms with Gasteiger partial charge in [0.05, 0.1) is 16.8 Å². The first kappa shape index (κ1) is 23.9. The molecule has 4 heterocycles. The number of Topliss-reactive ketones (excluding diaryl/α,β-unsaturated/α-hetero) is 1. The summed E-state index contributed by atoms with van der Waals surface area (Å²) in [6.07, 6.45) is 0. The number of hydrogen-bond acceptors (Lipinski definition) is 6. The Balaban J connectivity index is 1.76. The molecule has 0 bridgehead atoms. The minimum Gasteiger partial charge on any atom is -0.480 e. The van der Waals surface area contributed by atoms with Crippen molar-refractivity contribution in [3.05, 3.63) is 102 Å². The van der Waals surface area contributed by atoms with E-state index < -0.39 is 29.9 Å². The summed E-state index contributed by atoms with van der Waals surface area (Å²) in [7, 11) is 0. The van der Waals surface area contributed by atoms with Crippen LogP contribution in [0.3, 0.4) is 0 Å². The van der Waals surface area contributed by atoms with Crippen LogP contribution in [-0.2, 0) is 4.79 Å². The van der Waals surface area contributed by atoms with Gasteiger partial charge in [0.2, 0.25) is 0 Å². The van der Waals surface area contributed by atoms with Crippen LogP contribution in [0.1, 0.15) is 47.3 Å². The van der Waals surface area contributed by atoms with E-state index in [4.69, 9.17) is 11.6 Å². The van der Waals surface area contributed by atoms with Crippen molar-refractivity contribution in [3.63, 3.8) is 0 Å². The number of benzene rings is 1. The van der Waals surface area contributed by atoms with E-state index in [1.54, 1.807) is 41.8 Å². The Hall–Kier alpha value is -2.78. The number of likely N-dealkylation sites (tertiary alicyclic amines) is 1. The molecule has 1 saturated heterocycles. The highest BCUT2D eigenvalue weighted by Crippen LogP contribution is 2.54. The molecule has 178 valence electrons. The first-order valence-electron chi connectivity index (χ1n) is 10.8. The van der Waals surface area contributed by atoms with E-state index in [1.807, 2.05) is 35.9 Å². The summed E-state index contributed by atoms with van der Waals surface area (Å²) in [5, 5.41) is 16.5. The summed E-state index contributed by atoms with van der Waals surface area (Å²) in [6, 6.07) is 13.8. The van der Waals surface area contributed by atoms with Crippen molar-refractivity contribution in [1.29, 1.82) is 0 Å². The zero-order chi connectivity index (χ0) is 24.7. The lowest BCUT2D eigenvalue weighted by atomic mass is 9.79. The first-order chi connectivity index (χ1) is 16.9. The number of halogens is 1.